The predicted octanol–water partition coefficient (Wildman–Crippen LogP) is 19.0. The molecule has 0 aliphatic heterocycles. The molecule has 0 saturated heterocycles. The van der Waals surface area contributed by atoms with Gasteiger partial charge < -0.3 is 52.7 Å². The zero-order valence-corrected chi connectivity index (χ0v) is 68.5. The molecule has 0 aliphatic rings. The van der Waals surface area contributed by atoms with Crippen LogP contribution in [0.2, 0.25) is 0 Å². The van der Waals surface area contributed by atoms with Crippen molar-refractivity contribution in [2.45, 2.75) is 119 Å². The van der Waals surface area contributed by atoms with Crippen molar-refractivity contribution in [3.8, 4) is 45.4 Å². The summed E-state index contributed by atoms with van der Waals surface area (Å²) >= 11 is 2.93. The van der Waals surface area contributed by atoms with Crippen LogP contribution in [0.5, 0.6) is 12.0 Å². The number of pyridine rings is 3. The standard InChI is InChI=1S/C31H29F3N4O5.C25H25FN4O5.C24H17F3N4O3.C6H3BrF2.H2/c1-7-41-28-36-27-23(31(40,25-9-8-20(32)15-35-25)19-12-21(33)14-22(34)13-19)10-18(26-16(2)37-43-17(26)3)11-24(27)38(28)29(39)42-30(4,5)6;1-7-33-23-28-21-17(22(31)18-9-8-16(26)12-27-18)10-15(20-13(2)29-35-14(20)3)11-19(21)30(23)24(32)34-25(4,5)6;1-11-21(12(2)34-31-11)13-5-18(22-19(6-13)29-23(32)30-22)24(33,20-4-3-15(25)10-28-20)14-7-16(26)9-17(27)8-14;7-4-1-5(8)3-6(9)2-4;/h8-15,40H,7H2,1-6H3;8-12H,7H2,1-6H3;3-10,33H,1-2H3,(H2,29,30,32);1-3H;1H/i;;;;1+1. The fourth-order valence-electron chi connectivity index (χ4n) is 13.5. The molecule has 35 heteroatoms. The van der Waals surface area contributed by atoms with Gasteiger partial charge in [0, 0.05) is 63.0 Å². The average molecular weight is 1740 g/mol. The number of ketones is 1. The normalized spacial score (nSPS) is 12.5. The van der Waals surface area contributed by atoms with E-state index in [4.69, 9.17) is 32.5 Å². The maximum atomic E-state index is 14.7. The summed E-state index contributed by atoms with van der Waals surface area (Å²) in [6, 6.07) is 24.8. The second-order valence-corrected chi connectivity index (χ2v) is 30.3. The number of aromatic amines is 2. The monoisotopic (exact) mass is 1740 g/mol. The Morgan fingerprint density at radius 1 is 0.471 bits per heavy atom. The van der Waals surface area contributed by atoms with E-state index in [1.54, 1.807) is 127 Å². The number of hydrogen-bond donors (Lipinski definition) is 4. The number of hydrogen-bond acceptors (Lipinski definition) is 21. The lowest BCUT2D eigenvalue weighted by atomic mass is 9.81. The summed E-state index contributed by atoms with van der Waals surface area (Å²) in [4.78, 5) is 78.8. The third-order valence-electron chi connectivity index (χ3n) is 18.3. The molecule has 2 unspecified atom stereocenters. The molecule has 6 aromatic carbocycles. The summed E-state index contributed by atoms with van der Waals surface area (Å²) in [5.74, 6) is -5.92. The summed E-state index contributed by atoms with van der Waals surface area (Å²) in [6.07, 6.45) is 1.19. The van der Waals surface area contributed by atoms with E-state index in [9.17, 15) is 68.9 Å². The minimum atomic E-state index is -2.42. The van der Waals surface area contributed by atoms with Crippen molar-refractivity contribution in [1.29, 1.82) is 0 Å². The molecule has 25 nitrogen and oxygen atoms in total. The van der Waals surface area contributed by atoms with Gasteiger partial charge in [-0.15, -0.1) is 0 Å². The molecule has 4 N–H and O–H groups in total. The van der Waals surface area contributed by atoms with Gasteiger partial charge in [-0.2, -0.15) is 19.1 Å². The van der Waals surface area contributed by atoms with Gasteiger partial charge in [-0.25, -0.2) is 58.9 Å². The van der Waals surface area contributed by atoms with Gasteiger partial charge in [-0.1, -0.05) is 31.4 Å². The number of H-pyrrole nitrogens is 2. The molecule has 9 aromatic heterocycles. The lowest BCUT2D eigenvalue weighted by Crippen LogP contribution is -2.31. The second kappa shape index (κ2) is 34.5. The van der Waals surface area contributed by atoms with Crippen LogP contribution < -0.4 is 15.2 Å². The number of halogens is 10. The number of aromatic nitrogens is 12. The minimum absolute atomic E-state index is 0. The van der Waals surface area contributed by atoms with Gasteiger partial charge in [0.1, 0.15) is 92.0 Å². The Kier molecular flexibility index (Phi) is 24.8. The van der Waals surface area contributed by atoms with Crippen LogP contribution in [0, 0.1) is 93.9 Å². The number of carbonyl (C=O) groups excluding carboxylic acids is 3. The van der Waals surface area contributed by atoms with E-state index < -0.39 is 98.4 Å². The lowest BCUT2D eigenvalue weighted by Gasteiger charge is -2.30. The van der Waals surface area contributed by atoms with Gasteiger partial charge in [0.05, 0.1) is 93.4 Å². The number of fused-ring (bicyclic) bond motifs is 3. The molecule has 0 aliphatic carbocycles. The van der Waals surface area contributed by atoms with Crippen molar-refractivity contribution >= 4 is 67.0 Å². The molecule has 0 saturated carbocycles. The van der Waals surface area contributed by atoms with Crippen LogP contribution in [0.15, 0.2) is 169 Å². The van der Waals surface area contributed by atoms with Crippen molar-refractivity contribution in [1.82, 2.24) is 59.5 Å². The lowest BCUT2D eigenvalue weighted by molar-refractivity contribution is 0.0515. The van der Waals surface area contributed by atoms with E-state index in [2.05, 4.69) is 66.3 Å². The van der Waals surface area contributed by atoms with Gasteiger partial charge in [-0.3, -0.25) is 14.8 Å². The average Bonchev–Trinajstić information content (AvgIpc) is 1.26. The third-order valence-corrected chi connectivity index (χ3v) is 18.8. The van der Waals surface area contributed by atoms with Crippen molar-refractivity contribution in [3.05, 3.63) is 293 Å². The van der Waals surface area contributed by atoms with Crippen molar-refractivity contribution in [2.24, 2.45) is 0 Å². The zero-order chi connectivity index (χ0) is 87.8. The van der Waals surface area contributed by atoms with Gasteiger partial charge in [0.15, 0.2) is 11.2 Å². The first kappa shape index (κ1) is 86.9. The van der Waals surface area contributed by atoms with E-state index in [-0.39, 0.29) is 93.6 Å². The molecule has 2 atom stereocenters. The predicted molar refractivity (Wildman–Crippen MR) is 428 cm³/mol. The minimum Gasteiger partial charge on any atom is -0.465 e. The van der Waals surface area contributed by atoms with Gasteiger partial charge in [-0.05, 0) is 223 Å². The van der Waals surface area contributed by atoms with E-state index in [1.807, 2.05) is 0 Å². The number of nitrogens with one attached hydrogen (secondary N) is 2. The highest BCUT2D eigenvalue weighted by Crippen LogP contribution is 2.46. The van der Waals surface area contributed by atoms with E-state index in [1.165, 1.54) is 41.0 Å². The highest BCUT2D eigenvalue weighted by atomic mass is 79.9. The summed E-state index contributed by atoms with van der Waals surface area (Å²) in [5, 5.41) is 36.7. The Morgan fingerprint density at radius 2 is 0.851 bits per heavy atom. The molecule has 0 radical (unpaired) electrons. The van der Waals surface area contributed by atoms with Crippen LogP contribution in [0.3, 0.4) is 0 Å². The fourth-order valence-corrected chi connectivity index (χ4v) is 13.9. The Labute approximate surface area is 691 Å². The van der Waals surface area contributed by atoms with E-state index in [0.29, 0.717) is 95.4 Å². The number of rotatable bonds is 15. The first-order valence-electron chi connectivity index (χ1n) is 36.9. The maximum absolute atomic E-state index is 14.7. The van der Waals surface area contributed by atoms with Crippen molar-refractivity contribution in [3.63, 3.8) is 0 Å². The van der Waals surface area contributed by atoms with Crippen LogP contribution in [-0.2, 0) is 20.7 Å². The fraction of sp³-hybridized carbons (Fsp3) is 0.233. The molecule has 0 amide bonds. The Bertz CT molecular complexity index is 6390. The SMILES string of the molecule is CCOc1nc2c(C(=O)c3ccc(F)cn3)cc(-c3c(C)noc3C)cc2n1C(=O)OC(C)(C)C.CCOc1nc2c(C(O)(c3cc(F)cc(F)c3)c3ccc(F)cn3)cc(-c3c(C)noc3C)cc2n1C(=O)OC(C)(C)C.Cc1noc(C)c1-c1cc(C(O)(c2cc(F)cc(F)c2)c2ccc(F)cn2)c2[nH]c(=O)[nH]c2c1.Fc1cc(F)cc(Br)c1.[2HH]. The van der Waals surface area contributed by atoms with E-state index >= 15 is 0 Å². The molecule has 0 fully saturated rings. The number of aryl methyl sites for hydroxylation is 6. The van der Waals surface area contributed by atoms with Gasteiger partial charge in [0.2, 0.25) is 5.78 Å². The quantitative estimate of drug-likeness (QED) is 0.0547. The first-order valence-corrected chi connectivity index (χ1v) is 37.7. The topological polar surface area (TPSA) is 330 Å². The smallest absolute Gasteiger partial charge is 0.423 e. The van der Waals surface area contributed by atoms with Crippen LogP contribution in [0.4, 0.5) is 49.1 Å². The Morgan fingerprint density at radius 3 is 1.23 bits per heavy atom. The highest BCUT2D eigenvalue weighted by molar-refractivity contribution is 9.10. The van der Waals surface area contributed by atoms with Crippen molar-refractivity contribution in [2.75, 3.05) is 13.2 Å². The van der Waals surface area contributed by atoms with Crippen LogP contribution in [0.25, 0.3) is 66.5 Å². The second-order valence-electron chi connectivity index (χ2n) is 29.4. The number of imidazole rings is 3. The number of aliphatic hydroxyl groups is 2. The molecule has 15 rings (SSSR count). The van der Waals surface area contributed by atoms with Crippen LogP contribution in [0.1, 0.15) is 141 Å². The number of benzene rings is 6. The molecular weight excluding hydrogens is 1660 g/mol. The summed E-state index contributed by atoms with van der Waals surface area (Å²) in [7, 11) is 0. The summed E-state index contributed by atoms with van der Waals surface area (Å²) in [6.45, 7) is 24.5. The molecule has 0 bridgehead atoms. The Hall–Kier alpha value is -13.4. The number of ether oxygens (including phenoxy) is 4. The largest absolute Gasteiger partial charge is 0.465 e. The van der Waals surface area contributed by atoms with Crippen LogP contribution >= 0.6 is 15.9 Å². The first-order chi connectivity index (χ1) is 57.1. The van der Waals surface area contributed by atoms with Gasteiger partial charge >= 0.3 is 29.9 Å². The Balaban J connectivity index is 0.000000170. The molecular formula is C86H76BrF9N12O13. The maximum Gasteiger partial charge on any atom is 0.423 e. The summed E-state index contributed by atoms with van der Waals surface area (Å²) in [5.41, 5.74) is -1.31. The van der Waals surface area contributed by atoms with Crippen LogP contribution in [-0.4, -0.2) is 112 Å². The molecule has 15 aromatic rings. The van der Waals surface area contributed by atoms with E-state index in [0.717, 1.165) is 71.7 Å². The van der Waals surface area contributed by atoms with Crippen molar-refractivity contribution < 1.29 is 98.1 Å². The molecule has 628 valence electrons. The zero-order valence-electron chi connectivity index (χ0n) is 66.9. The number of nitrogens with zero attached hydrogens (tertiary/aromatic N) is 10. The number of carbonyl (C=O) groups is 3. The molecule has 9 heterocycles. The molecule has 121 heavy (non-hydrogen) atoms. The van der Waals surface area contributed by atoms with Gasteiger partial charge in [0.25, 0.3) is 0 Å². The molecule has 0 spiro atoms. The third kappa shape index (κ3) is 18.4. The highest BCUT2D eigenvalue weighted by Gasteiger charge is 2.43. The summed E-state index contributed by atoms with van der Waals surface area (Å²) < 4.78 is 165.